The molecule has 2 N–H and O–H groups in total. The van der Waals surface area contributed by atoms with Crippen LogP contribution in [0.15, 0.2) is 9.82 Å². The second-order valence-electron chi connectivity index (χ2n) is 5.61. The van der Waals surface area contributed by atoms with E-state index in [1.54, 1.807) is 0 Å². The Morgan fingerprint density at radius 1 is 1.21 bits per heavy atom. The molecule has 0 spiro atoms. The van der Waals surface area contributed by atoms with E-state index in [4.69, 9.17) is 5.41 Å². The van der Waals surface area contributed by atoms with Gasteiger partial charge in [-0.15, -0.1) is 11.8 Å². The van der Waals surface area contributed by atoms with Crippen LogP contribution in [0.5, 0.6) is 0 Å². The maximum atomic E-state index is 12.1. The second-order valence-corrected chi connectivity index (χ2v) is 6.64. The van der Waals surface area contributed by atoms with Gasteiger partial charge in [0.05, 0.1) is 10.6 Å². The molecule has 1 aromatic heterocycles. The SMILES string of the molecule is N=Cc1c2c(c(SCC3CCC3)[nH]c1=O)CCCC2. The van der Waals surface area contributed by atoms with Crippen LogP contribution in [0.4, 0.5) is 0 Å². The lowest BCUT2D eigenvalue weighted by Gasteiger charge is -2.26. The van der Waals surface area contributed by atoms with Crippen molar-refractivity contribution in [3.63, 3.8) is 0 Å². The minimum Gasteiger partial charge on any atom is -0.316 e. The van der Waals surface area contributed by atoms with Gasteiger partial charge in [0.25, 0.3) is 5.56 Å². The Morgan fingerprint density at radius 3 is 2.58 bits per heavy atom. The Hall–Kier alpha value is -1.03. The highest BCUT2D eigenvalue weighted by Crippen LogP contribution is 2.35. The maximum Gasteiger partial charge on any atom is 0.257 e. The Kier molecular flexibility index (Phi) is 3.78. The first-order chi connectivity index (χ1) is 9.29. The molecule has 0 unspecified atom stereocenters. The highest BCUT2D eigenvalue weighted by Gasteiger charge is 2.22. The van der Waals surface area contributed by atoms with E-state index in [0.717, 1.165) is 41.5 Å². The monoisotopic (exact) mass is 276 g/mol. The maximum absolute atomic E-state index is 12.1. The van der Waals surface area contributed by atoms with Gasteiger partial charge in [-0.3, -0.25) is 4.79 Å². The average molecular weight is 276 g/mol. The summed E-state index contributed by atoms with van der Waals surface area (Å²) < 4.78 is 0. The van der Waals surface area contributed by atoms with Crippen molar-refractivity contribution in [3.8, 4) is 0 Å². The number of aromatic amines is 1. The number of rotatable bonds is 4. The summed E-state index contributed by atoms with van der Waals surface area (Å²) >= 11 is 1.82. The van der Waals surface area contributed by atoms with E-state index in [9.17, 15) is 4.79 Å². The first-order valence-corrected chi connectivity index (χ1v) is 8.19. The molecule has 1 saturated carbocycles. The third-order valence-electron chi connectivity index (χ3n) is 4.37. The third kappa shape index (κ3) is 2.50. The van der Waals surface area contributed by atoms with E-state index in [0.29, 0.717) is 5.56 Å². The van der Waals surface area contributed by atoms with Crippen LogP contribution in [0.1, 0.15) is 48.8 Å². The molecule has 1 heterocycles. The van der Waals surface area contributed by atoms with Crippen molar-refractivity contribution in [3.05, 3.63) is 27.0 Å². The molecule has 3 rings (SSSR count). The zero-order chi connectivity index (χ0) is 13.2. The van der Waals surface area contributed by atoms with Gasteiger partial charge in [0, 0.05) is 12.0 Å². The lowest BCUT2D eigenvalue weighted by Crippen LogP contribution is -2.22. The van der Waals surface area contributed by atoms with E-state index < -0.39 is 0 Å². The summed E-state index contributed by atoms with van der Waals surface area (Å²) in [5, 5.41) is 8.53. The Labute approximate surface area is 117 Å². The molecule has 0 atom stereocenters. The first kappa shape index (κ1) is 13.0. The fraction of sp³-hybridized carbons (Fsp3) is 0.600. The summed E-state index contributed by atoms with van der Waals surface area (Å²) in [5.74, 6) is 1.97. The summed E-state index contributed by atoms with van der Waals surface area (Å²) in [5.41, 5.74) is 2.96. The van der Waals surface area contributed by atoms with E-state index in [1.165, 1.54) is 37.5 Å². The molecule has 3 nitrogen and oxygen atoms in total. The number of thioether (sulfide) groups is 1. The molecular formula is C15H20N2OS. The van der Waals surface area contributed by atoms with Crippen LogP contribution < -0.4 is 5.56 Å². The highest BCUT2D eigenvalue weighted by molar-refractivity contribution is 7.99. The standard InChI is InChI=1S/C15H20N2OS/c16-8-13-11-6-1-2-7-12(11)15(17-14(13)18)19-9-10-4-3-5-10/h8,10,16H,1-7,9H2,(H,17,18). The predicted octanol–water partition coefficient (Wildman–Crippen LogP) is 3.14. The number of aromatic nitrogens is 1. The molecule has 2 aliphatic rings. The summed E-state index contributed by atoms with van der Waals surface area (Å²) in [4.78, 5) is 15.1. The van der Waals surface area contributed by atoms with Crippen molar-refractivity contribution in [1.29, 1.82) is 5.41 Å². The second kappa shape index (κ2) is 5.53. The lowest BCUT2D eigenvalue weighted by atomic mass is 9.87. The van der Waals surface area contributed by atoms with Crippen LogP contribution in [0.3, 0.4) is 0 Å². The van der Waals surface area contributed by atoms with Crippen molar-refractivity contribution in [1.82, 2.24) is 4.98 Å². The van der Waals surface area contributed by atoms with Gasteiger partial charge in [0.15, 0.2) is 0 Å². The normalized spacial score (nSPS) is 18.7. The molecule has 0 amide bonds. The zero-order valence-corrected chi connectivity index (χ0v) is 11.9. The topological polar surface area (TPSA) is 56.7 Å². The van der Waals surface area contributed by atoms with Gasteiger partial charge in [-0.2, -0.15) is 0 Å². The van der Waals surface area contributed by atoms with Crippen molar-refractivity contribution < 1.29 is 0 Å². The fourth-order valence-corrected chi connectivity index (χ4v) is 4.27. The summed E-state index contributed by atoms with van der Waals surface area (Å²) in [6.07, 6.45) is 9.64. The number of pyridine rings is 1. The van der Waals surface area contributed by atoms with Crippen molar-refractivity contribution >= 4 is 18.0 Å². The molecule has 19 heavy (non-hydrogen) atoms. The minimum absolute atomic E-state index is 0.0771. The van der Waals surface area contributed by atoms with E-state index in [2.05, 4.69) is 4.98 Å². The molecule has 2 aliphatic carbocycles. The molecule has 0 saturated heterocycles. The molecule has 0 bridgehead atoms. The average Bonchev–Trinajstić information content (AvgIpc) is 2.37. The number of hydrogen-bond acceptors (Lipinski definition) is 3. The Morgan fingerprint density at radius 2 is 1.95 bits per heavy atom. The largest absolute Gasteiger partial charge is 0.316 e. The molecule has 0 aliphatic heterocycles. The van der Waals surface area contributed by atoms with Crippen LogP contribution >= 0.6 is 11.8 Å². The number of fused-ring (bicyclic) bond motifs is 1. The van der Waals surface area contributed by atoms with Crippen LogP contribution in [0.25, 0.3) is 0 Å². The van der Waals surface area contributed by atoms with Crippen molar-refractivity contribution in [2.24, 2.45) is 5.92 Å². The first-order valence-electron chi connectivity index (χ1n) is 7.21. The van der Waals surface area contributed by atoms with Gasteiger partial charge in [-0.05, 0) is 55.6 Å². The highest BCUT2D eigenvalue weighted by atomic mass is 32.2. The lowest BCUT2D eigenvalue weighted by molar-refractivity contribution is 0.353. The van der Waals surface area contributed by atoms with E-state index in [1.807, 2.05) is 11.8 Å². The van der Waals surface area contributed by atoms with Crippen LogP contribution in [-0.4, -0.2) is 17.0 Å². The van der Waals surface area contributed by atoms with Gasteiger partial charge >= 0.3 is 0 Å². The third-order valence-corrected chi connectivity index (χ3v) is 5.65. The van der Waals surface area contributed by atoms with Gasteiger partial charge in [-0.1, -0.05) is 6.42 Å². The van der Waals surface area contributed by atoms with Crippen molar-refractivity contribution in [2.45, 2.75) is 50.0 Å². The summed E-state index contributed by atoms with van der Waals surface area (Å²) in [7, 11) is 0. The predicted molar refractivity (Wildman–Crippen MR) is 79.7 cm³/mol. The molecule has 0 radical (unpaired) electrons. The zero-order valence-electron chi connectivity index (χ0n) is 11.1. The number of nitrogens with one attached hydrogen (secondary N) is 2. The molecule has 4 heteroatoms. The van der Waals surface area contributed by atoms with E-state index in [-0.39, 0.29) is 5.56 Å². The van der Waals surface area contributed by atoms with Crippen LogP contribution in [-0.2, 0) is 12.8 Å². The molecular weight excluding hydrogens is 256 g/mol. The Bertz CT molecular complexity index is 546. The number of hydrogen-bond donors (Lipinski definition) is 2. The van der Waals surface area contributed by atoms with Gasteiger partial charge in [0.1, 0.15) is 0 Å². The fourth-order valence-electron chi connectivity index (χ4n) is 2.97. The molecule has 1 aromatic rings. The summed E-state index contributed by atoms with van der Waals surface area (Å²) in [6.45, 7) is 0. The molecule has 0 aromatic carbocycles. The van der Waals surface area contributed by atoms with E-state index >= 15 is 0 Å². The number of H-pyrrole nitrogens is 1. The molecule has 102 valence electrons. The van der Waals surface area contributed by atoms with Gasteiger partial charge in [-0.25, -0.2) is 0 Å². The smallest absolute Gasteiger partial charge is 0.257 e. The van der Waals surface area contributed by atoms with Crippen molar-refractivity contribution in [2.75, 3.05) is 5.75 Å². The summed E-state index contributed by atoms with van der Waals surface area (Å²) in [6, 6.07) is 0. The molecule has 1 fully saturated rings. The van der Waals surface area contributed by atoms with Crippen LogP contribution in [0, 0.1) is 11.3 Å². The van der Waals surface area contributed by atoms with Gasteiger partial charge in [0.2, 0.25) is 0 Å². The minimum atomic E-state index is -0.0771. The van der Waals surface area contributed by atoms with Crippen LogP contribution in [0.2, 0.25) is 0 Å². The Balaban J connectivity index is 1.92. The quantitative estimate of drug-likeness (QED) is 0.655. The van der Waals surface area contributed by atoms with Gasteiger partial charge < -0.3 is 10.4 Å².